The highest BCUT2D eigenvalue weighted by Gasteiger charge is 2.54. The molecule has 2 N–H and O–H groups in total. The molecule has 0 spiro atoms. The lowest BCUT2D eigenvalue weighted by molar-refractivity contribution is -0.138. The average molecular weight is 495 g/mol. The van der Waals surface area contributed by atoms with Crippen molar-refractivity contribution in [3.63, 3.8) is 0 Å². The number of anilines is 2. The fourth-order valence-corrected chi connectivity index (χ4v) is 7.33. The smallest absolute Gasteiger partial charge is 0.226 e. The Morgan fingerprint density at radius 2 is 2.26 bits per heavy atom. The first-order valence-corrected chi connectivity index (χ1v) is 12.9. The van der Waals surface area contributed by atoms with Crippen LogP contribution in [-0.2, 0) is 17.6 Å². The van der Waals surface area contributed by atoms with Gasteiger partial charge in [0.2, 0.25) is 5.91 Å². The number of piperidine rings is 1. The van der Waals surface area contributed by atoms with Crippen LogP contribution in [0.25, 0.3) is 15.7 Å². The van der Waals surface area contributed by atoms with Gasteiger partial charge in [-0.2, -0.15) is 5.10 Å². The number of likely N-dealkylation sites (tertiary alicyclic amines) is 1. The largest absolute Gasteiger partial charge is 0.394 e. The summed E-state index contributed by atoms with van der Waals surface area (Å²) in [5, 5.41) is 19.0. The molecule has 4 unspecified atom stereocenters. The Hall–Kier alpha value is -2.75. The van der Waals surface area contributed by atoms with E-state index < -0.39 is 0 Å². The molecule has 1 amide bonds. The van der Waals surface area contributed by atoms with Crippen molar-refractivity contribution in [2.24, 2.45) is 17.8 Å². The Kier molecular flexibility index (Phi) is 4.62. The van der Waals surface area contributed by atoms with Crippen molar-refractivity contribution in [2.45, 2.75) is 31.7 Å². The zero-order chi connectivity index (χ0) is 23.0. The van der Waals surface area contributed by atoms with E-state index in [0.29, 0.717) is 16.9 Å². The number of carbonyl (C=O) groups excluding carboxylic acids is 1. The van der Waals surface area contributed by atoms with Crippen molar-refractivity contribution in [3.05, 3.63) is 46.3 Å². The monoisotopic (exact) mass is 494 g/mol. The van der Waals surface area contributed by atoms with Gasteiger partial charge in [0.25, 0.3) is 0 Å². The SMILES string of the molecule is O=C(C1CCc2c(sc3ncnc(Nc4cc5ccnn5cc4Cl)c23)C1)N1CC2CC2C1CO. The number of carbonyl (C=O) groups is 1. The lowest BCUT2D eigenvalue weighted by Gasteiger charge is -2.31. The number of hydrogen-bond acceptors (Lipinski definition) is 7. The van der Waals surface area contributed by atoms with Gasteiger partial charge in [-0.05, 0) is 55.2 Å². The summed E-state index contributed by atoms with van der Waals surface area (Å²) in [5.41, 5.74) is 2.93. The lowest BCUT2D eigenvalue weighted by Crippen LogP contribution is -2.44. The van der Waals surface area contributed by atoms with Gasteiger partial charge in [0.15, 0.2) is 0 Å². The van der Waals surface area contributed by atoms with Gasteiger partial charge in [0, 0.05) is 29.7 Å². The highest BCUT2D eigenvalue weighted by molar-refractivity contribution is 7.19. The van der Waals surface area contributed by atoms with Gasteiger partial charge in [-0.25, -0.2) is 14.5 Å². The number of aromatic nitrogens is 4. The van der Waals surface area contributed by atoms with Crippen LogP contribution in [0.2, 0.25) is 5.02 Å². The number of nitrogens with zero attached hydrogens (tertiary/aromatic N) is 5. The summed E-state index contributed by atoms with van der Waals surface area (Å²) in [5.74, 6) is 2.02. The van der Waals surface area contributed by atoms with Crippen molar-refractivity contribution in [3.8, 4) is 0 Å². The summed E-state index contributed by atoms with van der Waals surface area (Å²) in [6.07, 6.45) is 8.58. The van der Waals surface area contributed by atoms with E-state index in [9.17, 15) is 9.90 Å². The molecule has 7 rings (SSSR count). The molecule has 2 aliphatic carbocycles. The summed E-state index contributed by atoms with van der Waals surface area (Å²) >= 11 is 8.16. The Bertz CT molecular complexity index is 1450. The fraction of sp³-hybridized carbons (Fsp3) is 0.417. The van der Waals surface area contributed by atoms with E-state index in [-0.39, 0.29) is 24.5 Å². The number of aryl methyl sites for hydroxylation is 1. The van der Waals surface area contributed by atoms with Crippen molar-refractivity contribution in [1.82, 2.24) is 24.5 Å². The highest BCUT2D eigenvalue weighted by Crippen LogP contribution is 2.50. The van der Waals surface area contributed by atoms with Crippen molar-refractivity contribution >= 4 is 56.1 Å². The van der Waals surface area contributed by atoms with Gasteiger partial charge < -0.3 is 15.3 Å². The minimum Gasteiger partial charge on any atom is -0.394 e. The van der Waals surface area contributed by atoms with Crippen LogP contribution in [0, 0.1) is 17.8 Å². The number of aliphatic hydroxyl groups is 1. The van der Waals surface area contributed by atoms with Crippen LogP contribution in [0.1, 0.15) is 23.3 Å². The van der Waals surface area contributed by atoms with Gasteiger partial charge in [-0.15, -0.1) is 11.3 Å². The number of amides is 1. The van der Waals surface area contributed by atoms with Crippen LogP contribution >= 0.6 is 22.9 Å². The second-order valence-electron chi connectivity index (χ2n) is 9.61. The summed E-state index contributed by atoms with van der Waals surface area (Å²) in [6.45, 7) is 0.887. The number of hydrogen-bond donors (Lipinski definition) is 2. The number of nitrogens with one attached hydrogen (secondary N) is 1. The molecule has 1 aliphatic heterocycles. The van der Waals surface area contributed by atoms with E-state index >= 15 is 0 Å². The van der Waals surface area contributed by atoms with Gasteiger partial charge in [-0.1, -0.05) is 11.6 Å². The van der Waals surface area contributed by atoms with E-state index in [1.54, 1.807) is 34.6 Å². The Labute approximate surface area is 204 Å². The van der Waals surface area contributed by atoms with Crippen LogP contribution in [0.15, 0.2) is 30.9 Å². The van der Waals surface area contributed by atoms with Gasteiger partial charge in [-0.3, -0.25) is 4.79 Å². The molecule has 2 fully saturated rings. The molecule has 1 saturated carbocycles. The molecule has 5 heterocycles. The number of pyridine rings is 1. The number of thiophene rings is 1. The molecule has 1 saturated heterocycles. The third kappa shape index (κ3) is 3.14. The molecular formula is C24H23ClN6O2S. The quantitative estimate of drug-likeness (QED) is 0.449. The third-order valence-corrected chi connectivity index (χ3v) is 9.17. The molecule has 8 nitrogen and oxygen atoms in total. The standard InChI is InChI=1S/C24H23ClN6O2S/c25-17-9-31-14(3-4-28-31)7-18(17)29-22-21-15-2-1-12(6-20(15)34-23(21)27-11-26-22)24(33)30-8-13-5-16(13)19(30)10-32/h3-4,7,9,11-13,16,19,32H,1-2,5-6,8,10H2,(H,26,27,29). The van der Waals surface area contributed by atoms with Crippen LogP contribution in [0.3, 0.4) is 0 Å². The third-order valence-electron chi connectivity index (χ3n) is 7.71. The Morgan fingerprint density at radius 3 is 3.15 bits per heavy atom. The van der Waals surface area contributed by atoms with E-state index in [0.717, 1.165) is 59.5 Å². The van der Waals surface area contributed by atoms with E-state index in [4.69, 9.17) is 11.6 Å². The van der Waals surface area contributed by atoms with Crippen LogP contribution < -0.4 is 5.32 Å². The Morgan fingerprint density at radius 1 is 1.35 bits per heavy atom. The molecule has 0 aromatic carbocycles. The number of fused-ring (bicyclic) bond motifs is 5. The lowest BCUT2D eigenvalue weighted by atomic mass is 9.86. The molecule has 0 bridgehead atoms. The number of rotatable bonds is 4. The molecule has 4 aromatic heterocycles. The normalized spacial score (nSPS) is 25.5. The van der Waals surface area contributed by atoms with Crippen LogP contribution in [0.5, 0.6) is 0 Å². The highest BCUT2D eigenvalue weighted by atomic mass is 35.5. The maximum Gasteiger partial charge on any atom is 0.226 e. The zero-order valence-corrected chi connectivity index (χ0v) is 19.9. The van der Waals surface area contributed by atoms with E-state index in [2.05, 4.69) is 20.4 Å². The first-order valence-electron chi connectivity index (χ1n) is 11.7. The van der Waals surface area contributed by atoms with E-state index in [1.807, 2.05) is 17.0 Å². The van der Waals surface area contributed by atoms with Crippen molar-refractivity contribution < 1.29 is 9.90 Å². The summed E-state index contributed by atoms with van der Waals surface area (Å²) in [6, 6.07) is 3.89. The van der Waals surface area contributed by atoms with Crippen LogP contribution in [0.4, 0.5) is 11.5 Å². The molecule has 4 atom stereocenters. The maximum atomic E-state index is 13.3. The summed E-state index contributed by atoms with van der Waals surface area (Å²) < 4.78 is 1.73. The van der Waals surface area contributed by atoms with Crippen molar-refractivity contribution in [2.75, 3.05) is 18.5 Å². The molecule has 10 heteroatoms. The Balaban J connectivity index is 1.19. The first-order chi connectivity index (χ1) is 16.6. The second kappa shape index (κ2) is 7.63. The predicted octanol–water partition coefficient (Wildman–Crippen LogP) is 3.68. The van der Waals surface area contributed by atoms with Gasteiger partial charge in [0.1, 0.15) is 17.0 Å². The zero-order valence-electron chi connectivity index (χ0n) is 18.3. The van der Waals surface area contributed by atoms with Crippen molar-refractivity contribution in [1.29, 1.82) is 0 Å². The molecule has 0 radical (unpaired) electrons. The first kappa shape index (κ1) is 20.6. The molecule has 3 aliphatic rings. The minimum atomic E-state index is -0.0322. The number of aliphatic hydroxyl groups excluding tert-OH is 1. The fourth-order valence-electron chi connectivity index (χ4n) is 5.87. The van der Waals surface area contributed by atoms with Crippen LogP contribution in [-0.4, -0.2) is 54.7 Å². The summed E-state index contributed by atoms with van der Waals surface area (Å²) in [4.78, 5) is 26.5. The molecule has 34 heavy (non-hydrogen) atoms. The van der Waals surface area contributed by atoms with Gasteiger partial charge >= 0.3 is 0 Å². The average Bonchev–Trinajstić information content (AvgIpc) is 3.17. The number of halogens is 1. The van der Waals surface area contributed by atoms with Gasteiger partial charge in [0.05, 0.1) is 34.3 Å². The maximum absolute atomic E-state index is 13.3. The summed E-state index contributed by atoms with van der Waals surface area (Å²) in [7, 11) is 0. The second-order valence-corrected chi connectivity index (χ2v) is 11.1. The predicted molar refractivity (Wildman–Crippen MR) is 131 cm³/mol. The topological polar surface area (TPSA) is 95.7 Å². The molecular weight excluding hydrogens is 472 g/mol. The molecule has 174 valence electrons. The minimum absolute atomic E-state index is 0.0147. The van der Waals surface area contributed by atoms with E-state index in [1.165, 1.54) is 10.4 Å². The molecule has 4 aromatic rings.